The summed E-state index contributed by atoms with van der Waals surface area (Å²) in [7, 11) is -3.65. The molecule has 0 saturated heterocycles. The summed E-state index contributed by atoms with van der Waals surface area (Å²) < 4.78 is 27.7. The van der Waals surface area contributed by atoms with E-state index in [1.54, 1.807) is 13.0 Å². The van der Waals surface area contributed by atoms with Crippen LogP contribution in [0, 0.1) is 6.92 Å². The number of anilines is 1. The molecule has 0 heterocycles. The monoisotopic (exact) mass is 334 g/mol. The van der Waals surface area contributed by atoms with Gasteiger partial charge in [0.2, 0.25) is 10.0 Å². The van der Waals surface area contributed by atoms with Gasteiger partial charge in [0.05, 0.1) is 17.0 Å². The van der Waals surface area contributed by atoms with Gasteiger partial charge in [-0.15, -0.1) is 0 Å². The zero-order chi connectivity index (χ0) is 13.6. The van der Waals surface area contributed by atoms with Gasteiger partial charge in [-0.3, -0.25) is 0 Å². The summed E-state index contributed by atoms with van der Waals surface area (Å²) in [6, 6.07) is 3.09. The summed E-state index contributed by atoms with van der Waals surface area (Å²) in [4.78, 5) is 0.155. The molecule has 0 aliphatic heterocycles. The van der Waals surface area contributed by atoms with Gasteiger partial charge < -0.3 is 10.8 Å². The lowest BCUT2D eigenvalue weighted by molar-refractivity contribution is 0.246. The number of aliphatic hydroxyl groups excluding tert-OH is 1. The first-order valence-corrected chi connectivity index (χ1v) is 7.78. The fraction of sp³-hybridized carbons (Fsp3) is 0.455. The van der Waals surface area contributed by atoms with Crippen molar-refractivity contribution in [3.05, 3.63) is 22.2 Å². The first-order valence-electron chi connectivity index (χ1n) is 5.50. The Morgan fingerprint density at radius 2 is 2.11 bits per heavy atom. The van der Waals surface area contributed by atoms with E-state index in [1.807, 2.05) is 0 Å². The third kappa shape index (κ3) is 2.54. The van der Waals surface area contributed by atoms with Crippen LogP contribution in [0.1, 0.15) is 18.4 Å². The van der Waals surface area contributed by atoms with Crippen LogP contribution in [0.15, 0.2) is 21.5 Å². The number of hydrogen-bond donors (Lipinski definition) is 3. The van der Waals surface area contributed by atoms with E-state index in [4.69, 9.17) is 5.73 Å². The molecule has 1 saturated carbocycles. The van der Waals surface area contributed by atoms with Crippen molar-refractivity contribution in [2.24, 2.45) is 0 Å². The van der Waals surface area contributed by atoms with Gasteiger partial charge in [-0.25, -0.2) is 13.1 Å². The predicted molar refractivity (Wildman–Crippen MR) is 72.7 cm³/mol. The number of halogens is 1. The van der Waals surface area contributed by atoms with Crippen molar-refractivity contribution in [3.8, 4) is 0 Å². The molecule has 0 atom stereocenters. The van der Waals surface area contributed by atoms with Crippen molar-refractivity contribution in [3.63, 3.8) is 0 Å². The van der Waals surface area contributed by atoms with Crippen LogP contribution < -0.4 is 10.5 Å². The second kappa shape index (κ2) is 4.48. The van der Waals surface area contributed by atoms with E-state index in [0.29, 0.717) is 28.6 Å². The van der Waals surface area contributed by atoms with E-state index < -0.39 is 15.6 Å². The van der Waals surface area contributed by atoms with Gasteiger partial charge in [-0.2, -0.15) is 0 Å². The molecule has 1 aromatic rings. The molecule has 0 aromatic heterocycles. The normalized spacial score (nSPS) is 17.7. The Labute approximate surface area is 115 Å². The summed E-state index contributed by atoms with van der Waals surface area (Å²) >= 11 is 3.25. The van der Waals surface area contributed by atoms with Gasteiger partial charge in [0.1, 0.15) is 0 Å². The number of aryl methyl sites for hydroxylation is 1. The lowest BCUT2D eigenvalue weighted by Gasteiger charge is -2.16. The summed E-state index contributed by atoms with van der Waals surface area (Å²) in [5, 5.41) is 9.18. The Kier molecular flexibility index (Phi) is 3.44. The molecule has 0 bridgehead atoms. The fourth-order valence-electron chi connectivity index (χ4n) is 1.74. The highest BCUT2D eigenvalue weighted by Crippen LogP contribution is 2.37. The second-order valence-corrected chi connectivity index (χ2v) is 7.19. The Hall–Kier alpha value is -0.630. The highest BCUT2D eigenvalue weighted by atomic mass is 79.9. The van der Waals surface area contributed by atoms with Crippen LogP contribution in [0.4, 0.5) is 5.69 Å². The summed E-state index contributed by atoms with van der Waals surface area (Å²) in [5.74, 6) is 0. The average molecular weight is 335 g/mol. The molecule has 0 spiro atoms. The Bertz CT molecular complexity index is 582. The zero-order valence-corrected chi connectivity index (χ0v) is 12.3. The van der Waals surface area contributed by atoms with E-state index in [9.17, 15) is 13.5 Å². The maximum atomic E-state index is 12.2. The van der Waals surface area contributed by atoms with Crippen LogP contribution in [-0.2, 0) is 10.0 Å². The van der Waals surface area contributed by atoms with Crippen LogP contribution >= 0.6 is 15.9 Å². The molecule has 0 amide bonds. The number of nitrogens with one attached hydrogen (secondary N) is 1. The topological polar surface area (TPSA) is 92.4 Å². The highest BCUT2D eigenvalue weighted by Gasteiger charge is 2.45. The Morgan fingerprint density at radius 1 is 1.50 bits per heavy atom. The molecule has 5 nitrogen and oxygen atoms in total. The van der Waals surface area contributed by atoms with Gasteiger partial charge in [-0.1, -0.05) is 0 Å². The standard InChI is InChI=1S/C11H15BrN2O3S/c1-7-4-8(12)9(13)5-10(7)18(16,17)14-11(6-15)2-3-11/h4-5,14-15H,2-3,6,13H2,1H3. The summed E-state index contributed by atoms with van der Waals surface area (Å²) in [6.45, 7) is 1.52. The first kappa shape index (κ1) is 13.8. The number of aliphatic hydroxyl groups is 1. The smallest absolute Gasteiger partial charge is 0.241 e. The van der Waals surface area contributed by atoms with E-state index in [2.05, 4.69) is 20.7 Å². The van der Waals surface area contributed by atoms with Crippen molar-refractivity contribution >= 4 is 31.6 Å². The molecule has 18 heavy (non-hydrogen) atoms. The van der Waals surface area contributed by atoms with Crippen molar-refractivity contribution in [2.75, 3.05) is 12.3 Å². The quantitative estimate of drug-likeness (QED) is 0.720. The van der Waals surface area contributed by atoms with E-state index >= 15 is 0 Å². The van der Waals surface area contributed by atoms with Gasteiger partial charge in [0.25, 0.3) is 0 Å². The van der Waals surface area contributed by atoms with E-state index in [1.165, 1.54) is 6.07 Å². The van der Waals surface area contributed by atoms with Crippen molar-refractivity contribution in [1.29, 1.82) is 0 Å². The van der Waals surface area contributed by atoms with Gasteiger partial charge in [-0.05, 0) is 53.4 Å². The molecule has 1 fully saturated rings. The minimum absolute atomic E-state index is 0.155. The third-order valence-corrected chi connectivity index (χ3v) is 5.50. The molecule has 1 aliphatic carbocycles. The van der Waals surface area contributed by atoms with E-state index in [0.717, 1.165) is 0 Å². The zero-order valence-electron chi connectivity index (χ0n) is 9.90. The summed E-state index contributed by atoms with van der Waals surface area (Å²) in [6.07, 6.45) is 1.32. The van der Waals surface area contributed by atoms with Gasteiger partial charge >= 0.3 is 0 Å². The average Bonchev–Trinajstić information content (AvgIpc) is 3.03. The maximum Gasteiger partial charge on any atom is 0.241 e. The minimum Gasteiger partial charge on any atom is -0.398 e. The van der Waals surface area contributed by atoms with Crippen LogP contribution in [0.5, 0.6) is 0 Å². The fourth-order valence-corrected chi connectivity index (χ4v) is 3.91. The van der Waals surface area contributed by atoms with Crippen molar-refractivity contribution in [1.82, 2.24) is 4.72 Å². The molecule has 4 N–H and O–H groups in total. The molecule has 0 unspecified atom stereocenters. The minimum atomic E-state index is -3.65. The van der Waals surface area contributed by atoms with Crippen LogP contribution in [0.25, 0.3) is 0 Å². The summed E-state index contributed by atoms with van der Waals surface area (Å²) in [5.41, 5.74) is 6.01. The Morgan fingerprint density at radius 3 is 2.61 bits per heavy atom. The maximum absolute atomic E-state index is 12.2. The first-order chi connectivity index (χ1) is 8.30. The number of sulfonamides is 1. The second-order valence-electron chi connectivity index (χ2n) is 4.68. The van der Waals surface area contributed by atoms with Gasteiger partial charge in [0, 0.05) is 10.2 Å². The van der Waals surface area contributed by atoms with Crippen LogP contribution in [0.3, 0.4) is 0 Å². The largest absolute Gasteiger partial charge is 0.398 e. The number of nitrogen functional groups attached to an aromatic ring is 1. The lowest BCUT2D eigenvalue weighted by atomic mass is 10.2. The van der Waals surface area contributed by atoms with Gasteiger partial charge in [0.15, 0.2) is 0 Å². The number of benzene rings is 1. The van der Waals surface area contributed by atoms with Crippen LogP contribution in [-0.4, -0.2) is 25.7 Å². The number of rotatable bonds is 4. The van der Waals surface area contributed by atoms with E-state index in [-0.39, 0.29) is 11.5 Å². The molecular formula is C11H15BrN2O3S. The number of nitrogens with two attached hydrogens (primary N) is 1. The van der Waals surface area contributed by atoms with Crippen LogP contribution in [0.2, 0.25) is 0 Å². The van der Waals surface area contributed by atoms with Crippen molar-refractivity contribution in [2.45, 2.75) is 30.2 Å². The molecule has 2 rings (SSSR count). The molecule has 1 aliphatic rings. The highest BCUT2D eigenvalue weighted by molar-refractivity contribution is 9.10. The molecule has 100 valence electrons. The molecule has 1 aromatic carbocycles. The lowest BCUT2D eigenvalue weighted by Crippen LogP contribution is -2.39. The molecular weight excluding hydrogens is 320 g/mol. The third-order valence-electron chi connectivity index (χ3n) is 3.09. The molecule has 7 heteroatoms. The molecule has 0 radical (unpaired) electrons. The Balaban J connectivity index is 2.39. The predicted octanol–water partition coefficient (Wildman–Crippen LogP) is 1.14. The van der Waals surface area contributed by atoms with Crippen molar-refractivity contribution < 1.29 is 13.5 Å². The number of hydrogen-bond acceptors (Lipinski definition) is 4. The SMILES string of the molecule is Cc1cc(Br)c(N)cc1S(=O)(=O)NC1(CO)CC1.